The normalized spacial score (nSPS) is 11.6. The van der Waals surface area contributed by atoms with Gasteiger partial charge in [-0.05, 0) is 24.6 Å². The van der Waals surface area contributed by atoms with E-state index in [-0.39, 0.29) is 6.42 Å². The van der Waals surface area contributed by atoms with E-state index < -0.39 is 35.0 Å². The summed E-state index contributed by atoms with van der Waals surface area (Å²) in [5.41, 5.74) is -1.58. The number of benzene rings is 1. The van der Waals surface area contributed by atoms with Gasteiger partial charge in [0.2, 0.25) is 0 Å². The van der Waals surface area contributed by atoms with E-state index in [2.05, 4.69) is 0 Å². The minimum absolute atomic E-state index is 0.144. The van der Waals surface area contributed by atoms with Crippen molar-refractivity contribution in [3.63, 3.8) is 0 Å². The lowest BCUT2D eigenvalue weighted by atomic mass is 10.1. The molecule has 0 saturated carbocycles. The molecule has 1 N–H and O–H groups in total. The van der Waals surface area contributed by atoms with Gasteiger partial charge in [-0.25, -0.2) is 4.79 Å². The van der Waals surface area contributed by atoms with Crippen molar-refractivity contribution in [3.05, 3.63) is 41.5 Å². The third-order valence-corrected chi connectivity index (χ3v) is 2.67. The molecule has 4 nitrogen and oxygen atoms in total. The van der Waals surface area contributed by atoms with E-state index in [0.29, 0.717) is 12.1 Å². The third kappa shape index (κ3) is 5.23. The van der Waals surface area contributed by atoms with E-state index in [0.717, 1.165) is 18.9 Å². The number of allylic oxidation sites excluding steroid dienone is 1. The van der Waals surface area contributed by atoms with Gasteiger partial charge in [0.25, 0.3) is 0 Å². The lowest BCUT2D eigenvalue weighted by Gasteiger charge is -2.11. The largest absolute Gasteiger partial charge is 0.478 e. The number of aromatic carboxylic acids is 1. The van der Waals surface area contributed by atoms with Gasteiger partial charge in [0.1, 0.15) is 11.3 Å². The van der Waals surface area contributed by atoms with Gasteiger partial charge in [-0.15, -0.1) is 0 Å². The first kappa shape index (κ1) is 17.7. The van der Waals surface area contributed by atoms with Crippen LogP contribution in [0.1, 0.15) is 42.1 Å². The Bertz CT molecular complexity index is 577. The zero-order valence-corrected chi connectivity index (χ0v) is 11.8. The maximum atomic E-state index is 12.6. The van der Waals surface area contributed by atoms with Crippen LogP contribution >= 0.6 is 0 Å². The zero-order valence-electron chi connectivity index (χ0n) is 11.8. The van der Waals surface area contributed by atoms with Crippen molar-refractivity contribution in [2.75, 3.05) is 0 Å². The highest BCUT2D eigenvalue weighted by Crippen LogP contribution is 2.33. The Balaban J connectivity index is 2.95. The number of carbonyl (C=O) groups is 2. The minimum atomic E-state index is -4.65. The summed E-state index contributed by atoms with van der Waals surface area (Å²) in [7, 11) is 0. The Kier molecular flexibility index (Phi) is 6.15. The molecule has 0 fully saturated rings. The highest BCUT2D eigenvalue weighted by molar-refractivity contribution is 5.92. The highest BCUT2D eigenvalue weighted by atomic mass is 19.4. The minimum Gasteiger partial charge on any atom is -0.478 e. The average Bonchev–Trinajstić information content (AvgIpc) is 2.42. The number of unbranched alkanes of at least 4 members (excludes halogenated alkanes) is 1. The molecular formula is C15H15F3O4. The Morgan fingerprint density at radius 2 is 1.95 bits per heavy atom. The number of carboxylic acids is 1. The van der Waals surface area contributed by atoms with E-state index in [1.54, 1.807) is 6.08 Å². The molecule has 0 saturated heterocycles. The first-order valence-corrected chi connectivity index (χ1v) is 6.56. The van der Waals surface area contributed by atoms with Crippen molar-refractivity contribution in [1.29, 1.82) is 0 Å². The van der Waals surface area contributed by atoms with Crippen LogP contribution in [-0.4, -0.2) is 17.0 Å². The van der Waals surface area contributed by atoms with Gasteiger partial charge >= 0.3 is 18.1 Å². The van der Waals surface area contributed by atoms with Crippen molar-refractivity contribution >= 4 is 11.9 Å². The maximum Gasteiger partial charge on any atom is 0.416 e. The molecule has 1 aromatic carbocycles. The Labute approximate surface area is 125 Å². The number of esters is 1. The molecule has 0 spiro atoms. The summed E-state index contributed by atoms with van der Waals surface area (Å²) in [6.45, 7) is 1.95. The lowest BCUT2D eigenvalue weighted by Crippen LogP contribution is -2.12. The van der Waals surface area contributed by atoms with Crippen molar-refractivity contribution in [2.24, 2.45) is 0 Å². The number of hydrogen-bond acceptors (Lipinski definition) is 3. The molecule has 0 aliphatic rings. The maximum absolute atomic E-state index is 12.6. The van der Waals surface area contributed by atoms with E-state index >= 15 is 0 Å². The average molecular weight is 316 g/mol. The molecule has 7 heteroatoms. The third-order valence-electron chi connectivity index (χ3n) is 2.67. The second-order valence-electron chi connectivity index (χ2n) is 4.45. The monoisotopic (exact) mass is 316 g/mol. The van der Waals surface area contributed by atoms with E-state index in [1.165, 1.54) is 6.08 Å². The predicted octanol–water partition coefficient (Wildman–Crippen LogP) is 4.06. The molecule has 120 valence electrons. The number of halogens is 3. The predicted molar refractivity (Wildman–Crippen MR) is 72.7 cm³/mol. The van der Waals surface area contributed by atoms with Gasteiger partial charge in [-0.1, -0.05) is 25.5 Å². The van der Waals surface area contributed by atoms with Crippen LogP contribution in [-0.2, 0) is 11.0 Å². The van der Waals surface area contributed by atoms with E-state index in [1.807, 2.05) is 6.92 Å². The van der Waals surface area contributed by atoms with Crippen molar-refractivity contribution < 1.29 is 32.6 Å². The van der Waals surface area contributed by atoms with Crippen LogP contribution in [0.2, 0.25) is 0 Å². The van der Waals surface area contributed by atoms with Crippen LogP contribution in [0.4, 0.5) is 13.2 Å². The Morgan fingerprint density at radius 1 is 1.27 bits per heavy atom. The van der Waals surface area contributed by atoms with Crippen LogP contribution in [0.3, 0.4) is 0 Å². The van der Waals surface area contributed by atoms with Crippen LogP contribution in [0.15, 0.2) is 30.4 Å². The summed E-state index contributed by atoms with van der Waals surface area (Å²) in [4.78, 5) is 22.5. The van der Waals surface area contributed by atoms with E-state index in [4.69, 9.17) is 9.84 Å². The first-order chi connectivity index (χ1) is 10.3. The summed E-state index contributed by atoms with van der Waals surface area (Å²) in [6, 6.07) is 1.90. The second-order valence-corrected chi connectivity index (χ2v) is 4.45. The van der Waals surface area contributed by atoms with Gasteiger partial charge in [0, 0.05) is 0 Å². The molecule has 0 heterocycles. The molecule has 0 aliphatic heterocycles. The smallest absolute Gasteiger partial charge is 0.416 e. The number of carbonyl (C=O) groups excluding carboxylic acids is 1. The topological polar surface area (TPSA) is 63.6 Å². The van der Waals surface area contributed by atoms with Crippen LogP contribution in [0, 0.1) is 0 Å². The summed E-state index contributed by atoms with van der Waals surface area (Å²) in [6.07, 6.45) is 0.124. The molecule has 22 heavy (non-hydrogen) atoms. The van der Waals surface area contributed by atoms with Gasteiger partial charge in [-0.3, -0.25) is 4.79 Å². The van der Waals surface area contributed by atoms with Crippen LogP contribution in [0.5, 0.6) is 5.75 Å². The summed E-state index contributed by atoms with van der Waals surface area (Å²) < 4.78 is 42.6. The number of ether oxygens (including phenoxy) is 1. The molecular weight excluding hydrogens is 301 g/mol. The molecule has 1 aromatic rings. The number of hydrogen-bond donors (Lipinski definition) is 1. The van der Waals surface area contributed by atoms with Gasteiger partial charge < -0.3 is 9.84 Å². The second kappa shape index (κ2) is 7.63. The fourth-order valence-corrected chi connectivity index (χ4v) is 1.59. The Hall–Kier alpha value is -2.31. The quantitative estimate of drug-likeness (QED) is 0.488. The van der Waals surface area contributed by atoms with Crippen molar-refractivity contribution in [2.45, 2.75) is 32.4 Å². The molecule has 0 bridgehead atoms. The van der Waals surface area contributed by atoms with Crippen molar-refractivity contribution in [3.8, 4) is 5.75 Å². The first-order valence-electron chi connectivity index (χ1n) is 6.56. The van der Waals surface area contributed by atoms with Gasteiger partial charge in [0.05, 0.1) is 12.0 Å². The number of alkyl halides is 3. The highest BCUT2D eigenvalue weighted by Gasteiger charge is 2.32. The van der Waals surface area contributed by atoms with Crippen LogP contribution < -0.4 is 4.74 Å². The van der Waals surface area contributed by atoms with Gasteiger partial charge in [0.15, 0.2) is 0 Å². The molecule has 0 atom stereocenters. The molecule has 0 amide bonds. The molecule has 0 radical (unpaired) electrons. The number of carboxylic acid groups (broad SMARTS) is 1. The van der Waals surface area contributed by atoms with E-state index in [9.17, 15) is 22.8 Å². The standard InChI is InChI=1S/C15H15F3O4/c1-2-3-4-5-6-13(19)22-12-9-10(15(16,17)18)7-8-11(12)14(20)21/h4-5,7-9H,2-3,6H2,1H3,(H,20,21)/b5-4-. The van der Waals surface area contributed by atoms with Crippen LogP contribution in [0.25, 0.3) is 0 Å². The SMILES string of the molecule is CCC/C=C\CC(=O)Oc1cc(C(F)(F)F)ccc1C(=O)O. The molecule has 0 unspecified atom stereocenters. The zero-order chi connectivity index (χ0) is 16.8. The summed E-state index contributed by atoms with van der Waals surface area (Å²) in [5.74, 6) is -2.91. The Morgan fingerprint density at radius 3 is 2.50 bits per heavy atom. The lowest BCUT2D eigenvalue weighted by molar-refractivity contribution is -0.138. The number of rotatable bonds is 6. The van der Waals surface area contributed by atoms with Crippen molar-refractivity contribution in [1.82, 2.24) is 0 Å². The summed E-state index contributed by atoms with van der Waals surface area (Å²) in [5, 5.41) is 8.93. The molecule has 1 rings (SSSR count). The molecule has 0 aliphatic carbocycles. The fourth-order valence-electron chi connectivity index (χ4n) is 1.59. The molecule has 0 aromatic heterocycles. The fraction of sp³-hybridized carbons (Fsp3) is 0.333. The summed E-state index contributed by atoms with van der Waals surface area (Å²) >= 11 is 0. The van der Waals surface area contributed by atoms with Gasteiger partial charge in [-0.2, -0.15) is 13.2 Å².